The number of ether oxygens (including phenoxy) is 1. The summed E-state index contributed by atoms with van der Waals surface area (Å²) >= 11 is 0. The SMILES string of the molecule is CC(C)Oc1cccc(NCCc2ccccc2F)c1N. The Morgan fingerprint density at radius 1 is 1.14 bits per heavy atom. The summed E-state index contributed by atoms with van der Waals surface area (Å²) in [5.74, 6) is 0.491. The van der Waals surface area contributed by atoms with Gasteiger partial charge in [-0.3, -0.25) is 0 Å². The second-order valence-corrected chi connectivity index (χ2v) is 5.15. The second kappa shape index (κ2) is 6.97. The van der Waals surface area contributed by atoms with Gasteiger partial charge in [0.1, 0.15) is 11.6 Å². The maximum absolute atomic E-state index is 13.5. The zero-order valence-electron chi connectivity index (χ0n) is 12.4. The molecule has 21 heavy (non-hydrogen) atoms. The third-order valence-electron chi connectivity index (χ3n) is 3.10. The van der Waals surface area contributed by atoms with Crippen molar-refractivity contribution in [1.82, 2.24) is 0 Å². The van der Waals surface area contributed by atoms with Crippen LogP contribution in [0.4, 0.5) is 15.8 Å². The predicted octanol–water partition coefficient (Wildman–Crippen LogP) is 3.85. The van der Waals surface area contributed by atoms with E-state index in [0.717, 1.165) is 5.69 Å². The molecule has 0 fully saturated rings. The van der Waals surface area contributed by atoms with Crippen LogP contribution in [0.15, 0.2) is 42.5 Å². The summed E-state index contributed by atoms with van der Waals surface area (Å²) < 4.78 is 19.2. The molecule has 0 amide bonds. The van der Waals surface area contributed by atoms with Crippen LogP contribution in [0.25, 0.3) is 0 Å². The van der Waals surface area contributed by atoms with Crippen molar-refractivity contribution in [3.63, 3.8) is 0 Å². The van der Waals surface area contributed by atoms with Crippen LogP contribution in [0, 0.1) is 5.82 Å². The highest BCUT2D eigenvalue weighted by molar-refractivity contribution is 5.72. The fourth-order valence-electron chi connectivity index (χ4n) is 2.09. The zero-order valence-corrected chi connectivity index (χ0v) is 12.4. The summed E-state index contributed by atoms with van der Waals surface area (Å²) in [4.78, 5) is 0. The zero-order chi connectivity index (χ0) is 15.2. The summed E-state index contributed by atoms with van der Waals surface area (Å²) in [7, 11) is 0. The molecule has 0 aromatic heterocycles. The average molecular weight is 288 g/mol. The van der Waals surface area contributed by atoms with Crippen molar-refractivity contribution >= 4 is 11.4 Å². The van der Waals surface area contributed by atoms with Gasteiger partial charge in [0, 0.05) is 6.54 Å². The Bertz CT molecular complexity index is 599. The standard InChI is InChI=1S/C17H21FN2O/c1-12(2)21-16-9-5-8-15(17(16)19)20-11-10-13-6-3-4-7-14(13)18/h3-9,12,20H,10-11,19H2,1-2H3. The van der Waals surface area contributed by atoms with Crippen molar-refractivity contribution in [3.8, 4) is 5.75 Å². The Balaban J connectivity index is 1.99. The Kier molecular flexibility index (Phi) is 5.04. The fraction of sp³-hybridized carbons (Fsp3) is 0.294. The lowest BCUT2D eigenvalue weighted by Gasteiger charge is -2.15. The van der Waals surface area contributed by atoms with Gasteiger partial charge in [-0.1, -0.05) is 24.3 Å². The van der Waals surface area contributed by atoms with Crippen molar-refractivity contribution in [2.24, 2.45) is 0 Å². The Labute approximate surface area is 124 Å². The van der Waals surface area contributed by atoms with E-state index in [2.05, 4.69) is 5.32 Å². The molecule has 2 aromatic carbocycles. The van der Waals surface area contributed by atoms with Crippen LogP contribution in [0.2, 0.25) is 0 Å². The minimum absolute atomic E-state index is 0.0703. The molecule has 0 atom stereocenters. The van der Waals surface area contributed by atoms with Crippen molar-refractivity contribution in [2.75, 3.05) is 17.6 Å². The molecule has 2 rings (SSSR count). The fourth-order valence-corrected chi connectivity index (χ4v) is 2.09. The number of halogens is 1. The molecule has 0 heterocycles. The third kappa shape index (κ3) is 4.12. The molecule has 0 unspecified atom stereocenters. The summed E-state index contributed by atoms with van der Waals surface area (Å²) in [5, 5.41) is 3.23. The van der Waals surface area contributed by atoms with E-state index in [9.17, 15) is 4.39 Å². The number of para-hydroxylation sites is 1. The molecule has 0 saturated carbocycles. The van der Waals surface area contributed by atoms with Gasteiger partial charge in [-0.25, -0.2) is 4.39 Å². The molecule has 0 saturated heterocycles. The van der Waals surface area contributed by atoms with Gasteiger partial charge < -0.3 is 15.8 Å². The molecule has 4 heteroatoms. The monoisotopic (exact) mass is 288 g/mol. The van der Waals surface area contributed by atoms with E-state index in [4.69, 9.17) is 10.5 Å². The Hall–Kier alpha value is -2.23. The summed E-state index contributed by atoms with van der Waals surface area (Å²) in [6.45, 7) is 4.52. The Morgan fingerprint density at radius 3 is 2.62 bits per heavy atom. The van der Waals surface area contributed by atoms with Gasteiger partial charge >= 0.3 is 0 Å². The van der Waals surface area contributed by atoms with E-state index < -0.39 is 0 Å². The van der Waals surface area contributed by atoms with Crippen LogP contribution in [0.1, 0.15) is 19.4 Å². The van der Waals surface area contributed by atoms with E-state index in [-0.39, 0.29) is 11.9 Å². The number of anilines is 2. The first-order valence-corrected chi connectivity index (χ1v) is 7.10. The van der Waals surface area contributed by atoms with Crippen LogP contribution >= 0.6 is 0 Å². The van der Waals surface area contributed by atoms with E-state index in [1.165, 1.54) is 6.07 Å². The minimum Gasteiger partial charge on any atom is -0.489 e. The average Bonchev–Trinajstić information content (AvgIpc) is 2.44. The lowest BCUT2D eigenvalue weighted by atomic mass is 10.1. The van der Waals surface area contributed by atoms with Crippen LogP contribution in [-0.2, 0) is 6.42 Å². The number of benzene rings is 2. The first kappa shape index (κ1) is 15.2. The molecule has 0 bridgehead atoms. The highest BCUT2D eigenvalue weighted by Gasteiger charge is 2.07. The molecule has 112 valence electrons. The van der Waals surface area contributed by atoms with Gasteiger partial charge in [-0.2, -0.15) is 0 Å². The van der Waals surface area contributed by atoms with Crippen molar-refractivity contribution < 1.29 is 9.13 Å². The molecule has 0 aliphatic carbocycles. The highest BCUT2D eigenvalue weighted by Crippen LogP contribution is 2.30. The van der Waals surface area contributed by atoms with Gasteiger partial charge in [0.05, 0.1) is 17.5 Å². The van der Waals surface area contributed by atoms with Crippen LogP contribution in [0.5, 0.6) is 5.75 Å². The molecule has 2 aromatic rings. The molecular formula is C17H21FN2O. The third-order valence-corrected chi connectivity index (χ3v) is 3.10. The number of nitrogens with one attached hydrogen (secondary N) is 1. The molecule has 0 aliphatic rings. The lowest BCUT2D eigenvalue weighted by Crippen LogP contribution is -2.11. The van der Waals surface area contributed by atoms with Gasteiger partial charge in [0.2, 0.25) is 0 Å². The molecule has 3 N–H and O–H groups in total. The van der Waals surface area contributed by atoms with Crippen LogP contribution in [-0.4, -0.2) is 12.6 Å². The molecule has 0 radical (unpaired) electrons. The van der Waals surface area contributed by atoms with Gasteiger partial charge in [-0.05, 0) is 44.0 Å². The van der Waals surface area contributed by atoms with Crippen molar-refractivity contribution in [2.45, 2.75) is 26.4 Å². The number of nitrogens with two attached hydrogens (primary N) is 1. The molecular weight excluding hydrogens is 267 g/mol. The Morgan fingerprint density at radius 2 is 1.90 bits per heavy atom. The number of hydrogen-bond donors (Lipinski definition) is 2. The van der Waals surface area contributed by atoms with E-state index in [1.807, 2.05) is 38.1 Å². The molecule has 0 aliphatic heterocycles. The summed E-state index contributed by atoms with van der Waals surface area (Å²) in [6.07, 6.45) is 0.669. The maximum Gasteiger partial charge on any atom is 0.144 e. The van der Waals surface area contributed by atoms with Crippen LogP contribution in [0.3, 0.4) is 0 Å². The lowest BCUT2D eigenvalue weighted by molar-refractivity contribution is 0.244. The summed E-state index contributed by atoms with van der Waals surface area (Å²) in [5.41, 5.74) is 8.16. The van der Waals surface area contributed by atoms with Gasteiger partial charge in [0.25, 0.3) is 0 Å². The minimum atomic E-state index is -0.177. The van der Waals surface area contributed by atoms with Gasteiger partial charge in [0.15, 0.2) is 0 Å². The highest BCUT2D eigenvalue weighted by atomic mass is 19.1. The number of rotatable bonds is 6. The summed E-state index contributed by atoms with van der Waals surface area (Å²) in [6, 6.07) is 12.4. The first-order chi connectivity index (χ1) is 10.1. The first-order valence-electron chi connectivity index (χ1n) is 7.10. The van der Waals surface area contributed by atoms with Gasteiger partial charge in [-0.15, -0.1) is 0 Å². The predicted molar refractivity (Wildman–Crippen MR) is 85.2 cm³/mol. The van der Waals surface area contributed by atoms with E-state index >= 15 is 0 Å². The molecule has 0 spiro atoms. The second-order valence-electron chi connectivity index (χ2n) is 5.15. The molecule has 3 nitrogen and oxygen atoms in total. The largest absolute Gasteiger partial charge is 0.489 e. The number of hydrogen-bond acceptors (Lipinski definition) is 3. The smallest absolute Gasteiger partial charge is 0.144 e. The normalized spacial score (nSPS) is 10.7. The quantitative estimate of drug-likeness (QED) is 0.794. The maximum atomic E-state index is 13.5. The van der Waals surface area contributed by atoms with Crippen molar-refractivity contribution in [1.29, 1.82) is 0 Å². The van der Waals surface area contributed by atoms with E-state index in [0.29, 0.717) is 30.0 Å². The van der Waals surface area contributed by atoms with Crippen LogP contribution < -0.4 is 15.8 Å². The van der Waals surface area contributed by atoms with Crippen molar-refractivity contribution in [3.05, 3.63) is 53.8 Å². The topological polar surface area (TPSA) is 47.3 Å². The van der Waals surface area contributed by atoms with E-state index in [1.54, 1.807) is 12.1 Å². The number of nitrogen functional groups attached to an aromatic ring is 1.